The number of nitrogens with zero attached hydrogens (tertiary/aromatic N) is 5. The second-order valence-electron chi connectivity index (χ2n) is 6.79. The normalized spacial score (nSPS) is 15.3. The highest BCUT2D eigenvalue weighted by atomic mass is 32.2. The van der Waals surface area contributed by atoms with Crippen molar-refractivity contribution in [3.05, 3.63) is 36.9 Å². The van der Waals surface area contributed by atoms with Crippen molar-refractivity contribution in [1.29, 1.82) is 0 Å². The van der Waals surface area contributed by atoms with E-state index in [1.807, 2.05) is 6.07 Å². The summed E-state index contributed by atoms with van der Waals surface area (Å²) in [6, 6.07) is 3.62. The fourth-order valence-corrected chi connectivity index (χ4v) is 6.43. The summed E-state index contributed by atoms with van der Waals surface area (Å²) >= 11 is 0.240. The van der Waals surface area contributed by atoms with Gasteiger partial charge in [-0.1, -0.05) is 11.3 Å². The molecule has 0 amide bonds. The summed E-state index contributed by atoms with van der Waals surface area (Å²) in [4.78, 5) is 22.3. The molecule has 0 radical (unpaired) electrons. The van der Waals surface area contributed by atoms with Crippen LogP contribution in [0.1, 0.15) is 19.3 Å². The Morgan fingerprint density at radius 1 is 1.07 bits per heavy atom. The molecule has 0 bridgehead atoms. The molecule has 4 heterocycles. The molecule has 5 rings (SSSR count). The van der Waals surface area contributed by atoms with Crippen molar-refractivity contribution in [1.82, 2.24) is 24.9 Å². The molecule has 4 aromatic heterocycles. The number of anilines is 2. The van der Waals surface area contributed by atoms with Gasteiger partial charge in [-0.3, -0.25) is 0 Å². The van der Waals surface area contributed by atoms with Crippen LogP contribution in [0.3, 0.4) is 0 Å². The Hall–Kier alpha value is -2.82. The van der Waals surface area contributed by atoms with E-state index in [-0.39, 0.29) is 11.2 Å². The first-order valence-corrected chi connectivity index (χ1v) is 11.1. The smallest absolute Gasteiger partial charge is 0.232 e. The van der Waals surface area contributed by atoms with Gasteiger partial charge in [0.1, 0.15) is 15.8 Å². The summed E-state index contributed by atoms with van der Waals surface area (Å²) < 4.78 is 13.7. The average molecular weight is 424 g/mol. The van der Waals surface area contributed by atoms with Crippen LogP contribution in [0, 0.1) is 0 Å². The number of hydrogen-bond donors (Lipinski definition) is 2. The number of hydrogen-bond acceptors (Lipinski definition) is 9. The van der Waals surface area contributed by atoms with E-state index in [0.29, 0.717) is 31.8 Å². The number of aromatic nitrogens is 5. The molecule has 1 aliphatic rings. The Labute approximate surface area is 173 Å². The van der Waals surface area contributed by atoms with Gasteiger partial charge < -0.3 is 16.0 Å². The van der Waals surface area contributed by atoms with E-state index in [1.165, 1.54) is 11.3 Å². The molecule has 1 saturated carbocycles. The van der Waals surface area contributed by atoms with Crippen molar-refractivity contribution in [2.75, 3.05) is 11.5 Å². The van der Waals surface area contributed by atoms with Crippen molar-refractivity contribution in [2.45, 2.75) is 28.7 Å². The molecule has 1 atom stereocenters. The fraction of sp³-hybridized carbons (Fsp3) is 0.211. The maximum absolute atomic E-state index is 13.0. The van der Waals surface area contributed by atoms with Crippen molar-refractivity contribution < 1.29 is 4.55 Å². The molecule has 29 heavy (non-hydrogen) atoms. The average Bonchev–Trinajstić information content (AvgIpc) is 3.04. The minimum absolute atomic E-state index is 0.173. The molecule has 0 aliphatic heterocycles. The van der Waals surface area contributed by atoms with Gasteiger partial charge in [-0.25, -0.2) is 24.9 Å². The number of nitrogens with two attached hydrogens (primary N) is 2. The quantitative estimate of drug-likeness (QED) is 0.477. The summed E-state index contributed by atoms with van der Waals surface area (Å²) in [5, 5.41) is 0.913. The van der Waals surface area contributed by atoms with Gasteiger partial charge in [0.25, 0.3) is 0 Å². The van der Waals surface area contributed by atoms with E-state index in [0.717, 1.165) is 30.2 Å². The largest absolute Gasteiger partial charge is 0.611 e. The van der Waals surface area contributed by atoms with Gasteiger partial charge in [0.2, 0.25) is 10.2 Å². The van der Waals surface area contributed by atoms with Gasteiger partial charge in [0, 0.05) is 47.1 Å². The minimum Gasteiger partial charge on any atom is -0.611 e. The van der Waals surface area contributed by atoms with Crippen LogP contribution in [0.4, 0.5) is 11.6 Å². The summed E-state index contributed by atoms with van der Waals surface area (Å²) in [6.45, 7) is 0. The van der Waals surface area contributed by atoms with E-state index < -0.39 is 11.2 Å². The Morgan fingerprint density at radius 3 is 2.45 bits per heavy atom. The lowest BCUT2D eigenvalue weighted by Gasteiger charge is -2.26. The Kier molecular flexibility index (Phi) is 4.53. The molecule has 146 valence electrons. The first-order valence-electron chi connectivity index (χ1n) is 9.10. The highest BCUT2D eigenvalue weighted by molar-refractivity contribution is 7.94. The number of thiophene rings is 1. The van der Waals surface area contributed by atoms with Crippen LogP contribution in [0.2, 0.25) is 0 Å². The highest BCUT2D eigenvalue weighted by Gasteiger charge is 2.35. The van der Waals surface area contributed by atoms with Crippen molar-refractivity contribution in [3.63, 3.8) is 0 Å². The predicted octanol–water partition coefficient (Wildman–Crippen LogP) is 3.03. The van der Waals surface area contributed by atoms with Crippen LogP contribution in [0.25, 0.3) is 32.9 Å². The van der Waals surface area contributed by atoms with Crippen LogP contribution in [-0.2, 0) is 11.2 Å². The molecule has 1 aliphatic carbocycles. The van der Waals surface area contributed by atoms with Gasteiger partial charge in [0.15, 0.2) is 5.82 Å². The Balaban J connectivity index is 1.73. The number of nitrogen functional groups attached to an aromatic ring is 2. The van der Waals surface area contributed by atoms with Gasteiger partial charge in [-0.2, -0.15) is 0 Å². The zero-order valence-electron chi connectivity index (χ0n) is 15.3. The van der Waals surface area contributed by atoms with E-state index in [9.17, 15) is 4.55 Å². The van der Waals surface area contributed by atoms with Crippen LogP contribution < -0.4 is 11.5 Å². The van der Waals surface area contributed by atoms with Crippen LogP contribution in [-0.4, -0.2) is 34.7 Å². The molecular formula is C19H17N7OS2. The lowest BCUT2D eigenvalue weighted by molar-refractivity contribution is 0.478. The van der Waals surface area contributed by atoms with Crippen LogP contribution in [0.5, 0.6) is 0 Å². The molecule has 10 heteroatoms. The molecule has 0 spiro atoms. The molecule has 4 N–H and O–H groups in total. The molecule has 8 nitrogen and oxygen atoms in total. The maximum atomic E-state index is 13.0. The second-order valence-corrected chi connectivity index (χ2v) is 9.72. The SMILES string of the molecule is Nc1ncc(-c2cc(-c3ncccn3)c3c(N)c([S+]([O-])C4CCC4)sc3n2)cn1. The molecule has 0 saturated heterocycles. The first kappa shape index (κ1) is 18.2. The Bertz CT molecular complexity index is 1180. The number of pyridine rings is 1. The molecule has 4 aromatic rings. The minimum atomic E-state index is -1.13. The zero-order valence-corrected chi connectivity index (χ0v) is 16.9. The van der Waals surface area contributed by atoms with Crippen LogP contribution >= 0.6 is 11.3 Å². The first-order chi connectivity index (χ1) is 14.1. The van der Waals surface area contributed by atoms with Crippen LogP contribution in [0.15, 0.2) is 41.1 Å². The molecule has 1 unspecified atom stereocenters. The third kappa shape index (κ3) is 3.18. The zero-order chi connectivity index (χ0) is 20.0. The molecular weight excluding hydrogens is 406 g/mol. The Morgan fingerprint density at radius 2 is 1.79 bits per heavy atom. The van der Waals surface area contributed by atoms with Gasteiger partial charge in [-0.05, 0) is 31.4 Å². The van der Waals surface area contributed by atoms with Gasteiger partial charge in [-0.15, -0.1) is 0 Å². The predicted molar refractivity (Wildman–Crippen MR) is 115 cm³/mol. The highest BCUT2D eigenvalue weighted by Crippen LogP contribution is 2.45. The summed E-state index contributed by atoms with van der Waals surface area (Å²) in [7, 11) is 0. The summed E-state index contributed by atoms with van der Waals surface area (Å²) in [6.07, 6.45) is 9.65. The van der Waals surface area contributed by atoms with Crippen molar-refractivity contribution in [2.24, 2.45) is 0 Å². The molecule has 1 fully saturated rings. The van der Waals surface area contributed by atoms with E-state index in [1.54, 1.807) is 30.9 Å². The number of fused-ring (bicyclic) bond motifs is 1. The molecule has 0 aromatic carbocycles. The lowest BCUT2D eigenvalue weighted by atomic mass is 10.0. The second kappa shape index (κ2) is 7.21. The third-order valence-corrected chi connectivity index (χ3v) is 8.28. The van der Waals surface area contributed by atoms with Gasteiger partial charge >= 0.3 is 0 Å². The fourth-order valence-electron chi connectivity index (χ4n) is 3.22. The summed E-state index contributed by atoms with van der Waals surface area (Å²) in [5.74, 6) is 0.725. The van der Waals surface area contributed by atoms with E-state index >= 15 is 0 Å². The third-order valence-electron chi connectivity index (χ3n) is 4.98. The van der Waals surface area contributed by atoms with E-state index in [4.69, 9.17) is 16.5 Å². The summed E-state index contributed by atoms with van der Waals surface area (Å²) in [5.41, 5.74) is 14.7. The van der Waals surface area contributed by atoms with Gasteiger partial charge in [0.05, 0.1) is 11.1 Å². The lowest BCUT2D eigenvalue weighted by Crippen LogP contribution is -2.28. The number of rotatable bonds is 4. The van der Waals surface area contributed by atoms with Crippen molar-refractivity contribution in [3.8, 4) is 22.6 Å². The van der Waals surface area contributed by atoms with Crippen molar-refractivity contribution >= 4 is 44.4 Å². The maximum Gasteiger partial charge on any atom is 0.232 e. The standard InChI is InChI=1S/C19H17N7OS2/c20-15-14-12(16-22-5-2-6-23-16)7-13(10-8-24-19(21)25-9-10)26-17(14)28-18(15)29(27)11-3-1-4-11/h2,5-9,11H,1,3-4,20H2,(H2,21,24,25). The monoisotopic (exact) mass is 423 g/mol. The topological polar surface area (TPSA) is 140 Å². The van der Waals surface area contributed by atoms with E-state index in [2.05, 4.69) is 19.9 Å².